The number of nitrogens with zero attached hydrogens (tertiary/aromatic N) is 3. The van der Waals surface area contributed by atoms with Crippen molar-refractivity contribution >= 4 is 0 Å². The second-order valence-corrected chi connectivity index (χ2v) is 6.37. The number of rotatable bonds is 5. The second-order valence-electron chi connectivity index (χ2n) is 6.37. The molecule has 4 heteroatoms. The summed E-state index contributed by atoms with van der Waals surface area (Å²) < 4.78 is 0. The summed E-state index contributed by atoms with van der Waals surface area (Å²) in [5, 5.41) is 0. The highest BCUT2D eigenvalue weighted by atomic mass is 15.2. The molecule has 19 heavy (non-hydrogen) atoms. The molecule has 112 valence electrons. The molecule has 4 nitrogen and oxygen atoms in total. The number of hydrogen-bond donors (Lipinski definition) is 1. The molecule has 0 spiro atoms. The molecular formula is C15H32N4. The minimum absolute atomic E-state index is 0.711. The third kappa shape index (κ3) is 4.42. The Morgan fingerprint density at radius 3 is 2.16 bits per heavy atom. The van der Waals surface area contributed by atoms with Crippen molar-refractivity contribution in [1.82, 2.24) is 14.7 Å². The summed E-state index contributed by atoms with van der Waals surface area (Å²) in [5.41, 5.74) is 6.06. The minimum atomic E-state index is 0.711. The van der Waals surface area contributed by atoms with E-state index in [-0.39, 0.29) is 0 Å². The molecule has 0 aliphatic carbocycles. The van der Waals surface area contributed by atoms with Crippen LogP contribution in [0.4, 0.5) is 0 Å². The van der Waals surface area contributed by atoms with Gasteiger partial charge in [0, 0.05) is 32.7 Å². The Kier molecular flexibility index (Phi) is 6.07. The Labute approximate surface area is 118 Å². The van der Waals surface area contributed by atoms with Crippen LogP contribution in [0.15, 0.2) is 0 Å². The van der Waals surface area contributed by atoms with Gasteiger partial charge in [0.15, 0.2) is 0 Å². The van der Waals surface area contributed by atoms with Crippen LogP contribution >= 0.6 is 0 Å². The number of piperazine rings is 1. The van der Waals surface area contributed by atoms with E-state index in [0.29, 0.717) is 5.92 Å². The largest absolute Gasteiger partial charge is 0.330 e. The predicted octanol–water partition coefficient (Wildman–Crippen LogP) is 0.541. The first-order valence-corrected chi connectivity index (χ1v) is 8.06. The van der Waals surface area contributed by atoms with Crippen molar-refractivity contribution in [2.45, 2.75) is 19.8 Å². The maximum atomic E-state index is 6.06. The van der Waals surface area contributed by atoms with E-state index in [1.807, 2.05) is 0 Å². The van der Waals surface area contributed by atoms with Crippen LogP contribution in [-0.2, 0) is 0 Å². The first kappa shape index (κ1) is 15.2. The lowest BCUT2D eigenvalue weighted by atomic mass is 9.83. The van der Waals surface area contributed by atoms with Crippen molar-refractivity contribution in [2.75, 3.05) is 66.0 Å². The summed E-state index contributed by atoms with van der Waals surface area (Å²) in [5.74, 6) is 1.56. The second kappa shape index (κ2) is 7.58. The third-order valence-corrected chi connectivity index (χ3v) is 5.14. The molecule has 1 unspecified atom stereocenters. The molecule has 0 aromatic rings. The van der Waals surface area contributed by atoms with Gasteiger partial charge in [-0.15, -0.1) is 0 Å². The van der Waals surface area contributed by atoms with E-state index in [0.717, 1.165) is 12.5 Å². The third-order valence-electron chi connectivity index (χ3n) is 5.14. The number of piperidine rings is 1. The van der Waals surface area contributed by atoms with E-state index in [1.54, 1.807) is 0 Å². The number of hydrogen-bond acceptors (Lipinski definition) is 4. The Morgan fingerprint density at radius 1 is 1.00 bits per heavy atom. The average molecular weight is 268 g/mol. The minimum Gasteiger partial charge on any atom is -0.330 e. The van der Waals surface area contributed by atoms with E-state index in [1.165, 1.54) is 65.2 Å². The number of likely N-dealkylation sites (N-methyl/N-ethyl adjacent to an activating group) is 1. The molecule has 0 amide bonds. The van der Waals surface area contributed by atoms with Gasteiger partial charge in [-0.25, -0.2) is 0 Å². The maximum Gasteiger partial charge on any atom is 0.0110 e. The summed E-state index contributed by atoms with van der Waals surface area (Å²) >= 11 is 0. The summed E-state index contributed by atoms with van der Waals surface area (Å²) in [4.78, 5) is 7.62. The fourth-order valence-corrected chi connectivity index (χ4v) is 3.52. The Hall–Kier alpha value is -0.160. The first-order chi connectivity index (χ1) is 9.22. The lowest BCUT2D eigenvalue weighted by Gasteiger charge is -2.39. The van der Waals surface area contributed by atoms with Crippen LogP contribution in [0.2, 0.25) is 0 Å². The van der Waals surface area contributed by atoms with Gasteiger partial charge in [0.1, 0.15) is 0 Å². The van der Waals surface area contributed by atoms with Crippen molar-refractivity contribution in [1.29, 1.82) is 0 Å². The lowest BCUT2D eigenvalue weighted by molar-refractivity contribution is 0.0961. The molecule has 2 N–H and O–H groups in total. The number of nitrogens with two attached hydrogens (primary N) is 1. The molecule has 2 heterocycles. The van der Waals surface area contributed by atoms with Gasteiger partial charge < -0.3 is 20.4 Å². The zero-order valence-electron chi connectivity index (χ0n) is 12.9. The molecule has 0 bridgehead atoms. The van der Waals surface area contributed by atoms with Gasteiger partial charge in [-0.1, -0.05) is 6.92 Å². The van der Waals surface area contributed by atoms with Crippen molar-refractivity contribution in [2.24, 2.45) is 17.6 Å². The Bertz CT molecular complexity index is 243. The van der Waals surface area contributed by atoms with Crippen molar-refractivity contribution in [3.8, 4) is 0 Å². The summed E-state index contributed by atoms with van der Waals surface area (Å²) in [7, 11) is 2.22. The molecule has 2 aliphatic heterocycles. The van der Waals surface area contributed by atoms with Crippen molar-refractivity contribution in [3.63, 3.8) is 0 Å². The normalized spacial score (nSPS) is 26.7. The van der Waals surface area contributed by atoms with Gasteiger partial charge >= 0.3 is 0 Å². The molecule has 2 aliphatic rings. The highest BCUT2D eigenvalue weighted by molar-refractivity contribution is 4.81. The molecule has 0 radical (unpaired) electrons. The van der Waals surface area contributed by atoms with Gasteiger partial charge in [-0.3, -0.25) is 0 Å². The molecule has 2 fully saturated rings. The highest BCUT2D eigenvalue weighted by Gasteiger charge is 2.27. The average Bonchev–Trinajstić information content (AvgIpc) is 2.47. The summed E-state index contributed by atoms with van der Waals surface area (Å²) in [6.07, 6.45) is 2.70. The van der Waals surface area contributed by atoms with Crippen LogP contribution in [0.3, 0.4) is 0 Å². The van der Waals surface area contributed by atoms with Crippen LogP contribution in [0.25, 0.3) is 0 Å². The molecule has 0 saturated carbocycles. The van der Waals surface area contributed by atoms with E-state index in [9.17, 15) is 0 Å². The van der Waals surface area contributed by atoms with E-state index < -0.39 is 0 Å². The maximum absolute atomic E-state index is 6.06. The Morgan fingerprint density at radius 2 is 1.63 bits per heavy atom. The molecule has 2 rings (SSSR count). The van der Waals surface area contributed by atoms with Crippen LogP contribution in [0.1, 0.15) is 19.8 Å². The zero-order valence-corrected chi connectivity index (χ0v) is 12.9. The molecular weight excluding hydrogens is 236 g/mol. The molecule has 0 aromatic heterocycles. The lowest BCUT2D eigenvalue weighted by Crippen LogP contribution is -2.48. The van der Waals surface area contributed by atoms with E-state index in [4.69, 9.17) is 5.73 Å². The first-order valence-electron chi connectivity index (χ1n) is 8.06. The van der Waals surface area contributed by atoms with Crippen LogP contribution in [0.5, 0.6) is 0 Å². The topological polar surface area (TPSA) is 35.7 Å². The quantitative estimate of drug-likeness (QED) is 0.789. The van der Waals surface area contributed by atoms with Crippen molar-refractivity contribution in [3.05, 3.63) is 0 Å². The SMILES string of the molecule is CCN1CCC(C(CN)CN2CCN(C)CC2)CC1. The highest BCUT2D eigenvalue weighted by Crippen LogP contribution is 2.25. The summed E-state index contributed by atoms with van der Waals surface area (Å²) in [6.45, 7) is 13.0. The van der Waals surface area contributed by atoms with Gasteiger partial charge in [0.25, 0.3) is 0 Å². The van der Waals surface area contributed by atoms with Gasteiger partial charge in [0.2, 0.25) is 0 Å². The Balaban J connectivity index is 1.77. The predicted molar refractivity (Wildman–Crippen MR) is 81.3 cm³/mol. The fraction of sp³-hybridized carbons (Fsp3) is 1.00. The van der Waals surface area contributed by atoms with Gasteiger partial charge in [0.05, 0.1) is 0 Å². The van der Waals surface area contributed by atoms with Crippen molar-refractivity contribution < 1.29 is 0 Å². The van der Waals surface area contributed by atoms with E-state index >= 15 is 0 Å². The molecule has 0 aromatic carbocycles. The van der Waals surface area contributed by atoms with Gasteiger partial charge in [-0.05, 0) is 57.9 Å². The van der Waals surface area contributed by atoms with Gasteiger partial charge in [-0.2, -0.15) is 0 Å². The van der Waals surface area contributed by atoms with E-state index in [2.05, 4.69) is 28.7 Å². The molecule has 2 saturated heterocycles. The number of likely N-dealkylation sites (tertiary alicyclic amines) is 1. The van der Waals surface area contributed by atoms with Crippen LogP contribution in [-0.4, -0.2) is 80.7 Å². The van der Waals surface area contributed by atoms with Crippen LogP contribution in [0, 0.1) is 11.8 Å². The molecule has 1 atom stereocenters. The standard InChI is InChI=1S/C15H32N4/c1-3-18-6-4-14(5-7-18)15(12-16)13-19-10-8-17(2)9-11-19/h14-15H,3-13,16H2,1-2H3. The van der Waals surface area contributed by atoms with Crippen LogP contribution < -0.4 is 5.73 Å². The smallest absolute Gasteiger partial charge is 0.0110 e. The monoisotopic (exact) mass is 268 g/mol. The zero-order chi connectivity index (χ0) is 13.7. The fourth-order valence-electron chi connectivity index (χ4n) is 3.52. The summed E-state index contributed by atoms with van der Waals surface area (Å²) in [6, 6.07) is 0.